The Morgan fingerprint density at radius 2 is 1.37 bits per heavy atom. The van der Waals surface area contributed by atoms with E-state index in [2.05, 4.69) is 10.2 Å². The summed E-state index contributed by atoms with van der Waals surface area (Å²) in [6.45, 7) is 0. The summed E-state index contributed by atoms with van der Waals surface area (Å²) in [6, 6.07) is 0. The van der Waals surface area contributed by atoms with Gasteiger partial charge in [0.15, 0.2) is 11.4 Å². The van der Waals surface area contributed by atoms with Gasteiger partial charge in [-0.15, -0.1) is 10.2 Å². The Hall–Kier alpha value is -1.98. The molecule has 0 spiro atoms. The van der Waals surface area contributed by atoms with Gasteiger partial charge in [-0.05, 0) is 42.2 Å². The van der Waals surface area contributed by atoms with Gasteiger partial charge in [0.25, 0.3) is 0 Å². The van der Waals surface area contributed by atoms with Gasteiger partial charge in [-0.1, -0.05) is 0 Å². The Morgan fingerprint density at radius 1 is 0.947 bits per heavy atom. The van der Waals surface area contributed by atoms with Crippen LogP contribution < -0.4 is 0 Å². The zero-order valence-electron chi connectivity index (χ0n) is 10.8. The summed E-state index contributed by atoms with van der Waals surface area (Å²) >= 11 is 0. The second-order valence-corrected chi connectivity index (χ2v) is 4.91. The first-order valence-electron chi connectivity index (χ1n) is 6.24. The summed E-state index contributed by atoms with van der Waals surface area (Å²) in [5.41, 5.74) is 2.19. The van der Waals surface area contributed by atoms with E-state index >= 15 is 0 Å². The van der Waals surface area contributed by atoms with Crippen LogP contribution >= 0.6 is 0 Å². The van der Waals surface area contributed by atoms with Gasteiger partial charge in [0.1, 0.15) is 0 Å². The summed E-state index contributed by atoms with van der Waals surface area (Å²) in [4.78, 5) is 23.5. The van der Waals surface area contributed by atoms with Crippen LogP contribution in [-0.4, -0.2) is 36.4 Å². The number of fused-ring (bicyclic) bond motifs is 5. The number of hydrogen-bond donors (Lipinski definition) is 0. The fourth-order valence-corrected chi connectivity index (χ4v) is 3.29. The van der Waals surface area contributed by atoms with E-state index < -0.39 is 11.9 Å². The lowest BCUT2D eigenvalue weighted by molar-refractivity contribution is 0.0570. The molecule has 1 fully saturated rings. The lowest BCUT2D eigenvalue weighted by Gasteiger charge is -2.18. The van der Waals surface area contributed by atoms with Crippen LogP contribution in [-0.2, 0) is 9.47 Å². The van der Waals surface area contributed by atoms with E-state index in [-0.39, 0.29) is 23.2 Å². The molecular weight excluding hydrogens is 248 g/mol. The standard InChI is InChI=1S/C13H14N2O4/c1-18-12(16)10-8-6-3-4-7(5-6)9(8)11(15-14-10)13(17)19-2/h6-7H,3-5H2,1-2H3/t6-,7+. The van der Waals surface area contributed by atoms with Gasteiger partial charge in [-0.25, -0.2) is 9.59 Å². The highest BCUT2D eigenvalue weighted by Gasteiger charge is 2.44. The van der Waals surface area contributed by atoms with Crippen molar-refractivity contribution in [2.45, 2.75) is 31.1 Å². The number of carbonyl (C=O) groups excluding carboxylic acids is 2. The Kier molecular flexibility index (Phi) is 2.73. The van der Waals surface area contributed by atoms with Gasteiger partial charge in [0.05, 0.1) is 14.2 Å². The van der Waals surface area contributed by atoms with Crippen LogP contribution in [0.1, 0.15) is 63.2 Å². The van der Waals surface area contributed by atoms with Crippen molar-refractivity contribution in [3.8, 4) is 0 Å². The summed E-state index contributed by atoms with van der Waals surface area (Å²) < 4.78 is 9.48. The SMILES string of the molecule is COC(=O)c1nnc(C(=O)OC)c2c1[C@@H]1CC[C@H]2C1. The van der Waals surface area contributed by atoms with Gasteiger partial charge in [0, 0.05) is 0 Å². The molecule has 2 bridgehead atoms. The third-order valence-corrected chi connectivity index (χ3v) is 4.06. The first kappa shape index (κ1) is 12.1. The molecule has 2 atom stereocenters. The van der Waals surface area contributed by atoms with Crippen LogP contribution in [0.5, 0.6) is 0 Å². The number of aromatic nitrogens is 2. The number of nitrogens with zero attached hydrogens (tertiary/aromatic N) is 2. The third-order valence-electron chi connectivity index (χ3n) is 4.06. The average Bonchev–Trinajstić information content (AvgIpc) is 3.06. The van der Waals surface area contributed by atoms with E-state index in [9.17, 15) is 9.59 Å². The minimum absolute atomic E-state index is 0.248. The Balaban J connectivity index is 2.19. The molecule has 1 saturated carbocycles. The van der Waals surface area contributed by atoms with Crippen LogP contribution in [0.3, 0.4) is 0 Å². The highest BCUT2D eigenvalue weighted by Crippen LogP contribution is 2.54. The maximum atomic E-state index is 11.8. The van der Waals surface area contributed by atoms with Gasteiger partial charge in [-0.2, -0.15) is 0 Å². The van der Waals surface area contributed by atoms with Gasteiger partial charge in [-0.3, -0.25) is 0 Å². The molecule has 0 unspecified atom stereocenters. The van der Waals surface area contributed by atoms with Crippen molar-refractivity contribution in [3.63, 3.8) is 0 Å². The maximum absolute atomic E-state index is 11.8. The van der Waals surface area contributed by atoms with Crippen molar-refractivity contribution >= 4 is 11.9 Å². The minimum Gasteiger partial charge on any atom is -0.464 e. The van der Waals surface area contributed by atoms with Crippen LogP contribution in [0, 0.1) is 0 Å². The van der Waals surface area contributed by atoms with Crippen LogP contribution in [0.2, 0.25) is 0 Å². The highest BCUT2D eigenvalue weighted by molar-refractivity contribution is 5.94. The second-order valence-electron chi connectivity index (χ2n) is 4.91. The number of esters is 2. The molecule has 6 nitrogen and oxygen atoms in total. The van der Waals surface area contributed by atoms with Gasteiger partial charge < -0.3 is 9.47 Å². The van der Waals surface area contributed by atoms with Crippen molar-refractivity contribution in [2.24, 2.45) is 0 Å². The summed E-state index contributed by atoms with van der Waals surface area (Å²) in [5.74, 6) is -0.415. The van der Waals surface area contributed by atoms with E-state index in [4.69, 9.17) is 9.47 Å². The van der Waals surface area contributed by atoms with Crippen molar-refractivity contribution in [1.29, 1.82) is 0 Å². The van der Waals surface area contributed by atoms with Crippen molar-refractivity contribution < 1.29 is 19.1 Å². The molecule has 6 heteroatoms. The van der Waals surface area contributed by atoms with Gasteiger partial charge >= 0.3 is 11.9 Å². The summed E-state index contributed by atoms with van der Waals surface area (Å²) in [7, 11) is 2.63. The van der Waals surface area contributed by atoms with Crippen LogP contribution in [0.4, 0.5) is 0 Å². The molecule has 0 N–H and O–H groups in total. The molecule has 0 amide bonds. The predicted octanol–water partition coefficient (Wildman–Crippen LogP) is 1.41. The number of hydrogen-bond acceptors (Lipinski definition) is 6. The molecule has 0 aromatic carbocycles. The van der Waals surface area contributed by atoms with E-state index in [1.165, 1.54) is 14.2 Å². The lowest BCUT2D eigenvalue weighted by atomic mass is 9.89. The van der Waals surface area contributed by atoms with E-state index in [0.717, 1.165) is 30.4 Å². The maximum Gasteiger partial charge on any atom is 0.358 e. The lowest BCUT2D eigenvalue weighted by Crippen LogP contribution is -2.19. The molecular formula is C13H14N2O4. The van der Waals surface area contributed by atoms with E-state index in [0.29, 0.717) is 0 Å². The molecule has 100 valence electrons. The Labute approximate surface area is 110 Å². The number of ether oxygens (including phenoxy) is 2. The van der Waals surface area contributed by atoms with Crippen molar-refractivity contribution in [3.05, 3.63) is 22.5 Å². The molecule has 0 saturated heterocycles. The normalized spacial score (nSPS) is 23.1. The largest absolute Gasteiger partial charge is 0.464 e. The zero-order chi connectivity index (χ0) is 13.6. The van der Waals surface area contributed by atoms with E-state index in [1.807, 2.05) is 0 Å². The third kappa shape index (κ3) is 1.63. The fraction of sp³-hybridized carbons (Fsp3) is 0.538. The second kappa shape index (κ2) is 4.29. The van der Waals surface area contributed by atoms with Gasteiger partial charge in [0.2, 0.25) is 0 Å². The minimum atomic E-state index is -0.493. The topological polar surface area (TPSA) is 78.4 Å². The summed E-state index contributed by atoms with van der Waals surface area (Å²) in [5, 5.41) is 7.77. The number of rotatable bonds is 2. The van der Waals surface area contributed by atoms with Crippen molar-refractivity contribution in [2.75, 3.05) is 14.2 Å². The molecule has 3 rings (SSSR count). The quantitative estimate of drug-likeness (QED) is 0.750. The predicted molar refractivity (Wildman–Crippen MR) is 64.0 cm³/mol. The Morgan fingerprint density at radius 3 is 1.74 bits per heavy atom. The fourth-order valence-electron chi connectivity index (χ4n) is 3.29. The first-order valence-corrected chi connectivity index (χ1v) is 6.24. The molecule has 1 aromatic heterocycles. The van der Waals surface area contributed by atoms with Crippen molar-refractivity contribution in [1.82, 2.24) is 10.2 Å². The first-order chi connectivity index (χ1) is 9.17. The van der Waals surface area contributed by atoms with Crippen LogP contribution in [0.15, 0.2) is 0 Å². The molecule has 2 aliphatic carbocycles. The number of carbonyl (C=O) groups is 2. The summed E-state index contributed by atoms with van der Waals surface area (Å²) in [6.07, 6.45) is 3.00. The smallest absolute Gasteiger partial charge is 0.358 e. The molecule has 1 heterocycles. The Bertz CT molecular complexity index is 521. The molecule has 2 aliphatic rings. The number of methoxy groups -OCH3 is 2. The monoisotopic (exact) mass is 262 g/mol. The molecule has 1 aromatic rings. The molecule has 0 aliphatic heterocycles. The van der Waals surface area contributed by atoms with Crippen LogP contribution in [0.25, 0.3) is 0 Å². The highest BCUT2D eigenvalue weighted by atomic mass is 16.5. The average molecular weight is 262 g/mol. The zero-order valence-corrected chi connectivity index (χ0v) is 10.8. The molecule has 0 radical (unpaired) electrons. The van der Waals surface area contributed by atoms with E-state index in [1.54, 1.807) is 0 Å². The molecule has 19 heavy (non-hydrogen) atoms.